The van der Waals surface area contributed by atoms with Gasteiger partial charge in [-0.3, -0.25) is 4.79 Å². The molecule has 0 fully saturated rings. The molecule has 2 rings (SSSR count). The van der Waals surface area contributed by atoms with Gasteiger partial charge in [0.15, 0.2) is 11.5 Å². The van der Waals surface area contributed by atoms with E-state index in [2.05, 4.69) is 17.5 Å². The second kappa shape index (κ2) is 16.3. The van der Waals surface area contributed by atoms with Gasteiger partial charge in [0.1, 0.15) is 5.75 Å². The highest BCUT2D eigenvalue weighted by molar-refractivity contribution is 5.91. The van der Waals surface area contributed by atoms with Gasteiger partial charge in [-0.15, -0.1) is 0 Å². The highest BCUT2D eigenvalue weighted by Gasteiger charge is 2.13. The number of rotatable bonds is 16. The van der Waals surface area contributed by atoms with Crippen molar-refractivity contribution in [2.75, 3.05) is 13.2 Å². The van der Waals surface area contributed by atoms with Crippen molar-refractivity contribution in [2.24, 2.45) is 5.10 Å². The van der Waals surface area contributed by atoms with Crippen molar-refractivity contribution in [1.29, 1.82) is 0 Å². The lowest BCUT2D eigenvalue weighted by Gasteiger charge is -2.12. The Bertz CT molecular complexity index is 941. The van der Waals surface area contributed by atoms with E-state index in [0.29, 0.717) is 48.0 Å². The van der Waals surface area contributed by atoms with Crippen LogP contribution in [-0.4, -0.2) is 31.3 Å². The number of carbonyl (C=O) groups is 2. The average Bonchev–Trinajstić information content (AvgIpc) is 2.86. The van der Waals surface area contributed by atoms with Crippen LogP contribution in [0.15, 0.2) is 47.6 Å². The third kappa shape index (κ3) is 10.6. The number of unbranched alkanes of at least 4 members (excludes halogenated alkanes) is 5. The number of hydrogen-bond acceptors (Lipinski definition) is 6. The SMILES string of the molecule is CCCCCCCCC(=O)N/N=C\c1ccc(OC(=O)c2ccc(OCCC)cc2)c(OCC)c1. The lowest BCUT2D eigenvalue weighted by molar-refractivity contribution is -0.121. The number of nitrogens with zero attached hydrogens (tertiary/aromatic N) is 1. The molecule has 0 saturated heterocycles. The highest BCUT2D eigenvalue weighted by Crippen LogP contribution is 2.29. The normalized spacial score (nSPS) is 10.8. The molecule has 0 saturated carbocycles. The summed E-state index contributed by atoms with van der Waals surface area (Å²) in [6.07, 6.45) is 9.71. The number of hydrogen-bond donors (Lipinski definition) is 1. The minimum absolute atomic E-state index is 0.0987. The number of carbonyl (C=O) groups excluding carboxylic acids is 2. The van der Waals surface area contributed by atoms with Crippen LogP contribution in [0.2, 0.25) is 0 Å². The first kappa shape index (κ1) is 27.9. The molecule has 0 heterocycles. The first-order valence-electron chi connectivity index (χ1n) is 12.6. The summed E-state index contributed by atoms with van der Waals surface area (Å²) in [7, 11) is 0. The number of hydrazone groups is 1. The van der Waals surface area contributed by atoms with E-state index < -0.39 is 5.97 Å². The van der Waals surface area contributed by atoms with E-state index in [-0.39, 0.29) is 5.91 Å². The molecule has 0 aliphatic carbocycles. The maximum Gasteiger partial charge on any atom is 0.343 e. The Kier molecular flexibility index (Phi) is 13.0. The summed E-state index contributed by atoms with van der Waals surface area (Å²) in [5.74, 6) is 0.856. The predicted octanol–water partition coefficient (Wildman–Crippen LogP) is 6.29. The Morgan fingerprint density at radius 2 is 1.60 bits per heavy atom. The van der Waals surface area contributed by atoms with Gasteiger partial charge in [0.25, 0.3) is 0 Å². The number of esters is 1. The summed E-state index contributed by atoms with van der Waals surface area (Å²) in [5, 5.41) is 4.04. The molecule has 0 aliphatic heterocycles. The summed E-state index contributed by atoms with van der Waals surface area (Å²) in [6.45, 7) is 7.10. The second-order valence-corrected chi connectivity index (χ2v) is 8.21. The first-order chi connectivity index (χ1) is 17.1. The maximum atomic E-state index is 12.6. The largest absolute Gasteiger partial charge is 0.494 e. The molecule has 1 amide bonds. The van der Waals surface area contributed by atoms with Gasteiger partial charge in [-0.05, 0) is 67.8 Å². The molecule has 2 aromatic rings. The molecule has 7 nitrogen and oxygen atoms in total. The van der Waals surface area contributed by atoms with E-state index in [4.69, 9.17) is 14.2 Å². The van der Waals surface area contributed by atoms with E-state index in [1.165, 1.54) is 25.7 Å². The van der Waals surface area contributed by atoms with E-state index in [1.54, 1.807) is 48.7 Å². The van der Waals surface area contributed by atoms with Gasteiger partial charge in [-0.2, -0.15) is 5.10 Å². The van der Waals surface area contributed by atoms with Gasteiger partial charge in [0.2, 0.25) is 5.91 Å². The van der Waals surface area contributed by atoms with Gasteiger partial charge in [0.05, 0.1) is 25.0 Å². The second-order valence-electron chi connectivity index (χ2n) is 8.21. The Hall–Kier alpha value is -3.35. The van der Waals surface area contributed by atoms with Crippen molar-refractivity contribution in [3.05, 3.63) is 53.6 Å². The summed E-state index contributed by atoms with van der Waals surface area (Å²) >= 11 is 0. The van der Waals surface area contributed by atoms with Crippen LogP contribution in [-0.2, 0) is 4.79 Å². The third-order valence-corrected chi connectivity index (χ3v) is 5.19. The smallest absolute Gasteiger partial charge is 0.343 e. The van der Waals surface area contributed by atoms with Gasteiger partial charge < -0.3 is 14.2 Å². The third-order valence-electron chi connectivity index (χ3n) is 5.19. The van der Waals surface area contributed by atoms with Gasteiger partial charge in [-0.1, -0.05) is 46.0 Å². The van der Waals surface area contributed by atoms with Crippen LogP contribution in [0.1, 0.15) is 88.1 Å². The van der Waals surface area contributed by atoms with Crippen LogP contribution in [0.25, 0.3) is 0 Å². The fourth-order valence-corrected chi connectivity index (χ4v) is 3.32. The lowest BCUT2D eigenvalue weighted by atomic mass is 10.1. The van der Waals surface area contributed by atoms with Crippen LogP contribution in [0.3, 0.4) is 0 Å². The van der Waals surface area contributed by atoms with E-state index in [0.717, 1.165) is 19.3 Å². The summed E-state index contributed by atoms with van der Waals surface area (Å²) in [4.78, 5) is 24.6. The summed E-state index contributed by atoms with van der Waals surface area (Å²) in [6, 6.07) is 12.0. The van der Waals surface area contributed by atoms with E-state index in [9.17, 15) is 9.59 Å². The standard InChI is InChI=1S/C28H38N2O5/c1-4-7-8-9-10-11-12-27(31)30-29-21-22-13-18-25(26(20-22)33-6-3)35-28(32)23-14-16-24(17-15-23)34-19-5-2/h13-18,20-21H,4-12,19H2,1-3H3,(H,30,31)/b29-21-. The summed E-state index contributed by atoms with van der Waals surface area (Å²) in [5.41, 5.74) is 3.69. The Morgan fingerprint density at radius 1 is 0.857 bits per heavy atom. The quantitative estimate of drug-likeness (QED) is 0.0998. The molecule has 0 aliphatic rings. The van der Waals surface area contributed by atoms with E-state index >= 15 is 0 Å². The number of nitrogens with one attached hydrogen (secondary N) is 1. The molecule has 0 bridgehead atoms. The van der Waals surface area contributed by atoms with Crippen molar-refractivity contribution in [3.63, 3.8) is 0 Å². The van der Waals surface area contributed by atoms with Gasteiger partial charge >= 0.3 is 5.97 Å². The minimum Gasteiger partial charge on any atom is -0.494 e. The molecule has 0 radical (unpaired) electrons. The molecule has 7 heteroatoms. The highest BCUT2D eigenvalue weighted by atomic mass is 16.6. The molecule has 190 valence electrons. The molecular weight excluding hydrogens is 444 g/mol. The first-order valence-corrected chi connectivity index (χ1v) is 12.6. The zero-order chi connectivity index (χ0) is 25.3. The molecular formula is C28H38N2O5. The molecule has 0 aromatic heterocycles. The zero-order valence-electron chi connectivity index (χ0n) is 21.2. The molecule has 0 unspecified atom stereocenters. The molecule has 35 heavy (non-hydrogen) atoms. The van der Waals surface area contributed by atoms with Gasteiger partial charge in [0, 0.05) is 6.42 Å². The van der Waals surface area contributed by atoms with Crippen LogP contribution < -0.4 is 19.6 Å². The van der Waals surface area contributed by atoms with Gasteiger partial charge in [-0.25, -0.2) is 10.2 Å². The van der Waals surface area contributed by atoms with Crippen molar-refractivity contribution in [3.8, 4) is 17.2 Å². The molecule has 1 N–H and O–H groups in total. The monoisotopic (exact) mass is 482 g/mol. The van der Waals surface area contributed by atoms with Crippen LogP contribution in [0.4, 0.5) is 0 Å². The predicted molar refractivity (Wildman–Crippen MR) is 139 cm³/mol. The number of benzene rings is 2. The van der Waals surface area contributed by atoms with Crippen molar-refractivity contribution < 1.29 is 23.8 Å². The fourth-order valence-electron chi connectivity index (χ4n) is 3.32. The van der Waals surface area contributed by atoms with Crippen molar-refractivity contribution >= 4 is 18.1 Å². The Morgan fingerprint density at radius 3 is 2.31 bits per heavy atom. The zero-order valence-corrected chi connectivity index (χ0v) is 21.2. The topological polar surface area (TPSA) is 86.2 Å². The van der Waals surface area contributed by atoms with Crippen LogP contribution >= 0.6 is 0 Å². The van der Waals surface area contributed by atoms with Crippen LogP contribution in [0.5, 0.6) is 17.2 Å². The molecule has 0 atom stereocenters. The lowest BCUT2D eigenvalue weighted by Crippen LogP contribution is -2.16. The maximum absolute atomic E-state index is 12.6. The van der Waals surface area contributed by atoms with Crippen molar-refractivity contribution in [2.45, 2.75) is 72.1 Å². The molecule has 0 spiro atoms. The van der Waals surface area contributed by atoms with Crippen LogP contribution in [0, 0.1) is 0 Å². The average molecular weight is 483 g/mol. The fraction of sp³-hybridized carbons (Fsp3) is 0.464. The number of ether oxygens (including phenoxy) is 3. The Labute approximate surface area is 208 Å². The van der Waals surface area contributed by atoms with E-state index in [1.807, 2.05) is 13.8 Å². The van der Waals surface area contributed by atoms with Crippen molar-refractivity contribution in [1.82, 2.24) is 5.43 Å². The molecule has 2 aromatic carbocycles. The Balaban J connectivity index is 1.90. The number of amides is 1. The summed E-state index contributed by atoms with van der Waals surface area (Å²) < 4.78 is 16.8. The minimum atomic E-state index is -0.489.